The standard InChI is InChI=1S/C14H18ClF2NO/c1-14(2,4-3-5-15)9-18-13(19)10-6-11(16)8-12(17)7-10/h6-8H,3-5,9H2,1-2H3,(H,18,19). The predicted molar refractivity (Wildman–Crippen MR) is 72.4 cm³/mol. The van der Waals surface area contributed by atoms with Gasteiger partial charge in [0.2, 0.25) is 0 Å². The van der Waals surface area contributed by atoms with Crippen molar-refractivity contribution < 1.29 is 13.6 Å². The van der Waals surface area contributed by atoms with Crippen LogP contribution >= 0.6 is 11.6 Å². The molecular weight excluding hydrogens is 272 g/mol. The van der Waals surface area contributed by atoms with Gasteiger partial charge in [0.05, 0.1) is 0 Å². The van der Waals surface area contributed by atoms with Crippen LogP contribution in [0.1, 0.15) is 37.0 Å². The van der Waals surface area contributed by atoms with Gasteiger partial charge in [0.15, 0.2) is 0 Å². The highest BCUT2D eigenvalue weighted by molar-refractivity contribution is 6.17. The Bertz CT molecular complexity index is 429. The summed E-state index contributed by atoms with van der Waals surface area (Å²) in [6.45, 7) is 4.44. The average Bonchev–Trinajstić information content (AvgIpc) is 2.32. The molecule has 0 aliphatic heterocycles. The molecule has 0 radical (unpaired) electrons. The Labute approximate surface area is 117 Å². The third-order valence-electron chi connectivity index (χ3n) is 2.84. The fourth-order valence-electron chi connectivity index (χ4n) is 1.74. The quantitative estimate of drug-likeness (QED) is 0.794. The molecule has 0 saturated heterocycles. The van der Waals surface area contributed by atoms with Gasteiger partial charge >= 0.3 is 0 Å². The van der Waals surface area contributed by atoms with Gasteiger partial charge in [-0.25, -0.2) is 8.78 Å². The minimum Gasteiger partial charge on any atom is -0.351 e. The highest BCUT2D eigenvalue weighted by atomic mass is 35.5. The van der Waals surface area contributed by atoms with E-state index in [-0.39, 0.29) is 11.0 Å². The van der Waals surface area contributed by atoms with E-state index in [2.05, 4.69) is 5.32 Å². The van der Waals surface area contributed by atoms with Crippen LogP contribution in [0.15, 0.2) is 18.2 Å². The van der Waals surface area contributed by atoms with Gasteiger partial charge in [-0.3, -0.25) is 4.79 Å². The molecule has 0 fully saturated rings. The highest BCUT2D eigenvalue weighted by Crippen LogP contribution is 2.21. The van der Waals surface area contributed by atoms with E-state index in [0.29, 0.717) is 12.4 Å². The van der Waals surface area contributed by atoms with Gasteiger partial charge in [-0.15, -0.1) is 11.6 Å². The van der Waals surface area contributed by atoms with Gasteiger partial charge in [-0.05, 0) is 30.4 Å². The number of halogens is 3. The van der Waals surface area contributed by atoms with Crippen molar-refractivity contribution >= 4 is 17.5 Å². The molecule has 19 heavy (non-hydrogen) atoms. The van der Waals surface area contributed by atoms with Crippen molar-refractivity contribution in [2.24, 2.45) is 5.41 Å². The third-order valence-corrected chi connectivity index (χ3v) is 3.11. The van der Waals surface area contributed by atoms with Gasteiger partial charge < -0.3 is 5.32 Å². The van der Waals surface area contributed by atoms with E-state index in [0.717, 1.165) is 31.0 Å². The molecule has 0 aliphatic rings. The fraction of sp³-hybridized carbons (Fsp3) is 0.500. The van der Waals surface area contributed by atoms with Gasteiger partial charge in [0.25, 0.3) is 5.91 Å². The van der Waals surface area contributed by atoms with Crippen molar-refractivity contribution in [1.29, 1.82) is 0 Å². The summed E-state index contributed by atoms with van der Waals surface area (Å²) >= 11 is 5.63. The minimum absolute atomic E-state index is 0.00866. The van der Waals surface area contributed by atoms with E-state index in [9.17, 15) is 13.6 Å². The monoisotopic (exact) mass is 289 g/mol. The summed E-state index contributed by atoms with van der Waals surface area (Å²) in [5, 5.41) is 2.69. The van der Waals surface area contributed by atoms with Crippen LogP contribution in [0.5, 0.6) is 0 Å². The van der Waals surface area contributed by atoms with Crippen molar-refractivity contribution in [3.8, 4) is 0 Å². The van der Waals surface area contributed by atoms with Crippen molar-refractivity contribution in [3.63, 3.8) is 0 Å². The molecule has 0 heterocycles. The number of alkyl halides is 1. The molecule has 0 aromatic heterocycles. The summed E-state index contributed by atoms with van der Waals surface area (Å²) in [5.74, 6) is -1.41. The molecule has 0 saturated carbocycles. The molecule has 0 bridgehead atoms. The van der Waals surface area contributed by atoms with Gasteiger partial charge in [-0.1, -0.05) is 13.8 Å². The van der Waals surface area contributed by atoms with Gasteiger partial charge in [0.1, 0.15) is 11.6 Å². The van der Waals surface area contributed by atoms with Crippen LogP contribution in [0.4, 0.5) is 8.78 Å². The van der Waals surface area contributed by atoms with E-state index in [4.69, 9.17) is 11.6 Å². The maximum absolute atomic E-state index is 13.0. The molecule has 0 spiro atoms. The summed E-state index contributed by atoms with van der Waals surface area (Å²) in [4.78, 5) is 11.8. The van der Waals surface area contributed by atoms with E-state index in [1.807, 2.05) is 13.8 Å². The van der Waals surface area contributed by atoms with Crippen LogP contribution in [-0.2, 0) is 0 Å². The lowest BCUT2D eigenvalue weighted by Gasteiger charge is -2.24. The Kier molecular flexibility index (Phi) is 5.73. The first-order chi connectivity index (χ1) is 8.84. The summed E-state index contributed by atoms with van der Waals surface area (Å²) in [5.41, 5.74) is -0.109. The number of amides is 1. The number of hydrogen-bond acceptors (Lipinski definition) is 1. The molecule has 1 N–H and O–H groups in total. The first-order valence-electron chi connectivity index (χ1n) is 6.14. The second-order valence-corrected chi connectivity index (χ2v) is 5.68. The third kappa shape index (κ3) is 5.55. The van der Waals surface area contributed by atoms with Gasteiger partial charge in [0, 0.05) is 24.1 Å². The van der Waals surface area contributed by atoms with Crippen LogP contribution < -0.4 is 5.32 Å². The molecule has 2 nitrogen and oxygen atoms in total. The zero-order valence-electron chi connectivity index (χ0n) is 11.1. The maximum Gasteiger partial charge on any atom is 0.251 e. The SMILES string of the molecule is CC(C)(CCCCl)CNC(=O)c1cc(F)cc(F)c1. The summed E-state index contributed by atoms with van der Waals surface area (Å²) in [7, 11) is 0. The summed E-state index contributed by atoms with van der Waals surface area (Å²) in [6.07, 6.45) is 1.73. The molecule has 1 aromatic rings. The molecular formula is C14H18ClF2NO. The van der Waals surface area contributed by atoms with Crippen LogP contribution in [0, 0.1) is 17.0 Å². The topological polar surface area (TPSA) is 29.1 Å². The lowest BCUT2D eigenvalue weighted by molar-refractivity contribution is 0.0933. The molecule has 1 amide bonds. The Balaban J connectivity index is 2.60. The molecule has 106 valence electrons. The van der Waals surface area contributed by atoms with Crippen LogP contribution in [0.3, 0.4) is 0 Å². The number of hydrogen-bond donors (Lipinski definition) is 1. The highest BCUT2D eigenvalue weighted by Gasteiger charge is 2.19. The Morgan fingerprint density at radius 1 is 1.26 bits per heavy atom. The number of carbonyl (C=O) groups excluding carboxylic acids is 1. The van der Waals surface area contributed by atoms with Crippen molar-refractivity contribution in [2.45, 2.75) is 26.7 Å². The Hall–Kier alpha value is -1.16. The van der Waals surface area contributed by atoms with Crippen molar-refractivity contribution in [3.05, 3.63) is 35.4 Å². The van der Waals surface area contributed by atoms with Crippen molar-refractivity contribution in [1.82, 2.24) is 5.32 Å². The average molecular weight is 290 g/mol. The normalized spacial score (nSPS) is 11.4. The number of carbonyl (C=O) groups is 1. The summed E-state index contributed by atoms with van der Waals surface area (Å²) in [6, 6.07) is 2.77. The van der Waals surface area contributed by atoms with E-state index in [1.165, 1.54) is 0 Å². The van der Waals surface area contributed by atoms with Crippen LogP contribution in [0.2, 0.25) is 0 Å². The number of benzene rings is 1. The number of nitrogens with one attached hydrogen (secondary N) is 1. The van der Waals surface area contributed by atoms with Gasteiger partial charge in [-0.2, -0.15) is 0 Å². The zero-order valence-corrected chi connectivity index (χ0v) is 11.9. The Morgan fingerprint density at radius 3 is 2.37 bits per heavy atom. The lowest BCUT2D eigenvalue weighted by Crippen LogP contribution is -2.34. The van der Waals surface area contributed by atoms with E-state index < -0.39 is 17.5 Å². The predicted octanol–water partition coefficient (Wildman–Crippen LogP) is 3.74. The molecule has 0 unspecified atom stereocenters. The zero-order chi connectivity index (χ0) is 14.5. The molecule has 5 heteroatoms. The van der Waals surface area contributed by atoms with Crippen molar-refractivity contribution in [2.75, 3.05) is 12.4 Å². The van der Waals surface area contributed by atoms with Crippen LogP contribution in [-0.4, -0.2) is 18.3 Å². The molecule has 0 atom stereocenters. The van der Waals surface area contributed by atoms with E-state index in [1.54, 1.807) is 0 Å². The minimum atomic E-state index is -0.758. The largest absolute Gasteiger partial charge is 0.351 e. The molecule has 1 aromatic carbocycles. The second-order valence-electron chi connectivity index (χ2n) is 5.30. The smallest absolute Gasteiger partial charge is 0.251 e. The first kappa shape index (κ1) is 15.9. The first-order valence-corrected chi connectivity index (χ1v) is 6.68. The molecule has 0 aliphatic carbocycles. The van der Waals surface area contributed by atoms with E-state index >= 15 is 0 Å². The Morgan fingerprint density at radius 2 is 1.84 bits per heavy atom. The molecule has 1 rings (SSSR count). The van der Waals surface area contributed by atoms with Crippen LogP contribution in [0.25, 0.3) is 0 Å². The summed E-state index contributed by atoms with van der Waals surface area (Å²) < 4.78 is 26.0. The maximum atomic E-state index is 13.0. The fourth-order valence-corrected chi connectivity index (χ4v) is 1.87. The number of rotatable bonds is 6. The second kappa shape index (κ2) is 6.85. The lowest BCUT2D eigenvalue weighted by atomic mass is 9.88.